The van der Waals surface area contributed by atoms with Crippen molar-refractivity contribution in [1.82, 2.24) is 10.6 Å². The number of benzene rings is 1. The Labute approximate surface area is 132 Å². The van der Waals surface area contributed by atoms with Crippen molar-refractivity contribution >= 4 is 48.0 Å². The van der Waals surface area contributed by atoms with Gasteiger partial charge >= 0.3 is 0 Å². The van der Waals surface area contributed by atoms with E-state index in [1.807, 2.05) is 18.2 Å². The van der Waals surface area contributed by atoms with Gasteiger partial charge in [-0.15, -0.1) is 24.8 Å². The van der Waals surface area contributed by atoms with Crippen molar-refractivity contribution in [2.45, 2.75) is 19.9 Å². The maximum absolute atomic E-state index is 6.06. The third-order valence-electron chi connectivity index (χ3n) is 2.32. The van der Waals surface area contributed by atoms with Gasteiger partial charge < -0.3 is 10.6 Å². The zero-order valence-corrected chi connectivity index (χ0v) is 13.5. The summed E-state index contributed by atoms with van der Waals surface area (Å²) >= 11 is 12.1. The van der Waals surface area contributed by atoms with E-state index in [1.165, 1.54) is 0 Å². The van der Waals surface area contributed by atoms with Gasteiger partial charge in [0.25, 0.3) is 0 Å². The summed E-state index contributed by atoms with van der Waals surface area (Å²) in [5, 5.41) is 8.07. The molecule has 6 heteroatoms. The molecule has 1 aromatic carbocycles. The second-order valence-electron chi connectivity index (χ2n) is 3.58. The van der Waals surface area contributed by atoms with E-state index in [0.29, 0.717) is 0 Å². The van der Waals surface area contributed by atoms with Crippen LogP contribution >= 0.6 is 48.0 Å². The topological polar surface area (TPSA) is 24.1 Å². The largest absolute Gasteiger partial charge is 0.317 e. The summed E-state index contributed by atoms with van der Waals surface area (Å²) in [6.07, 6.45) is 1.11. The molecule has 0 aliphatic carbocycles. The first kappa shape index (κ1) is 20.6. The molecule has 1 rings (SSSR count). The minimum Gasteiger partial charge on any atom is -0.317 e. The Hall–Kier alpha value is 0.300. The van der Waals surface area contributed by atoms with Gasteiger partial charge in [0.2, 0.25) is 0 Å². The van der Waals surface area contributed by atoms with Gasteiger partial charge in [0.1, 0.15) is 0 Å². The molecule has 0 saturated heterocycles. The highest BCUT2D eigenvalue weighted by Crippen LogP contribution is 2.23. The van der Waals surface area contributed by atoms with Crippen LogP contribution in [0.15, 0.2) is 18.2 Å². The van der Waals surface area contributed by atoms with E-state index < -0.39 is 0 Å². The van der Waals surface area contributed by atoms with Crippen LogP contribution in [0.1, 0.15) is 18.9 Å². The Morgan fingerprint density at radius 1 is 1.00 bits per heavy atom. The van der Waals surface area contributed by atoms with Crippen LogP contribution in [0.2, 0.25) is 10.0 Å². The maximum Gasteiger partial charge on any atom is 0.0465 e. The van der Waals surface area contributed by atoms with Crippen molar-refractivity contribution in [3.63, 3.8) is 0 Å². The van der Waals surface area contributed by atoms with Crippen molar-refractivity contribution in [3.05, 3.63) is 33.8 Å². The predicted molar refractivity (Wildman–Crippen MR) is 85.8 cm³/mol. The van der Waals surface area contributed by atoms with Crippen molar-refractivity contribution in [1.29, 1.82) is 0 Å². The molecule has 2 nitrogen and oxygen atoms in total. The first-order valence-electron chi connectivity index (χ1n) is 5.60. The van der Waals surface area contributed by atoms with Crippen molar-refractivity contribution in [3.8, 4) is 0 Å². The standard InChI is InChI=1S/C12H18Cl2N2.2ClH/c1-2-15-7-4-8-16-9-10-11(13)5-3-6-12(10)14;;/h3,5-6,15-16H,2,4,7-9H2,1H3;2*1H. The number of hydrogen-bond acceptors (Lipinski definition) is 2. The molecule has 0 bridgehead atoms. The molecule has 0 spiro atoms. The fourth-order valence-electron chi connectivity index (χ4n) is 1.43. The highest BCUT2D eigenvalue weighted by atomic mass is 35.5. The van der Waals surface area contributed by atoms with Crippen LogP contribution in [0, 0.1) is 0 Å². The van der Waals surface area contributed by atoms with E-state index in [0.717, 1.165) is 48.2 Å². The molecule has 0 aromatic heterocycles. The molecule has 0 fully saturated rings. The van der Waals surface area contributed by atoms with Crippen LogP contribution in [0.5, 0.6) is 0 Å². The summed E-state index contributed by atoms with van der Waals surface area (Å²) in [6, 6.07) is 5.59. The minimum atomic E-state index is 0. The zero-order chi connectivity index (χ0) is 11.8. The third-order valence-corrected chi connectivity index (χ3v) is 3.03. The van der Waals surface area contributed by atoms with Gasteiger partial charge in [-0.05, 0) is 38.2 Å². The molecule has 106 valence electrons. The quantitative estimate of drug-likeness (QED) is 0.739. The number of halogens is 4. The van der Waals surface area contributed by atoms with Gasteiger partial charge in [-0.3, -0.25) is 0 Å². The normalized spacial score (nSPS) is 9.50. The molecule has 0 radical (unpaired) electrons. The molecule has 0 unspecified atom stereocenters. The first-order chi connectivity index (χ1) is 7.75. The lowest BCUT2D eigenvalue weighted by molar-refractivity contribution is 0.606. The second kappa shape index (κ2) is 12.3. The molecule has 0 amide bonds. The Kier molecular flexibility index (Phi) is 14.1. The van der Waals surface area contributed by atoms with Gasteiger partial charge in [-0.1, -0.05) is 36.2 Å². The van der Waals surface area contributed by atoms with Gasteiger partial charge in [0.05, 0.1) is 0 Å². The molecule has 1 aromatic rings. The Bertz CT molecular complexity index is 301. The smallest absolute Gasteiger partial charge is 0.0465 e. The van der Waals surface area contributed by atoms with Crippen LogP contribution in [0.4, 0.5) is 0 Å². The van der Waals surface area contributed by atoms with E-state index >= 15 is 0 Å². The van der Waals surface area contributed by atoms with Gasteiger partial charge in [-0.25, -0.2) is 0 Å². The first-order valence-corrected chi connectivity index (χ1v) is 6.35. The lowest BCUT2D eigenvalue weighted by Crippen LogP contribution is -2.21. The predicted octanol–water partition coefficient (Wildman–Crippen LogP) is 3.93. The van der Waals surface area contributed by atoms with E-state index in [2.05, 4.69) is 17.6 Å². The molecule has 0 atom stereocenters. The van der Waals surface area contributed by atoms with Crippen LogP contribution in [0.3, 0.4) is 0 Å². The summed E-state index contributed by atoms with van der Waals surface area (Å²) in [5.74, 6) is 0. The summed E-state index contributed by atoms with van der Waals surface area (Å²) in [5.41, 5.74) is 0.981. The molecule has 0 heterocycles. The Balaban J connectivity index is 0. The molecule has 0 saturated carbocycles. The number of hydrogen-bond donors (Lipinski definition) is 2. The summed E-state index contributed by atoms with van der Waals surface area (Å²) in [7, 11) is 0. The fourth-order valence-corrected chi connectivity index (χ4v) is 1.96. The number of rotatable bonds is 7. The van der Waals surface area contributed by atoms with Gasteiger partial charge in [-0.2, -0.15) is 0 Å². The Morgan fingerprint density at radius 3 is 2.11 bits per heavy atom. The fraction of sp³-hybridized carbons (Fsp3) is 0.500. The highest BCUT2D eigenvalue weighted by Gasteiger charge is 2.03. The molecule has 0 aliphatic heterocycles. The highest BCUT2D eigenvalue weighted by molar-refractivity contribution is 6.35. The maximum atomic E-state index is 6.06. The van der Waals surface area contributed by atoms with E-state index in [4.69, 9.17) is 23.2 Å². The summed E-state index contributed by atoms with van der Waals surface area (Å²) in [4.78, 5) is 0. The van der Waals surface area contributed by atoms with Crippen molar-refractivity contribution in [2.24, 2.45) is 0 Å². The average molecular weight is 334 g/mol. The minimum absolute atomic E-state index is 0. The lowest BCUT2D eigenvalue weighted by Gasteiger charge is -2.08. The van der Waals surface area contributed by atoms with Gasteiger partial charge in [0, 0.05) is 22.2 Å². The number of nitrogens with one attached hydrogen (secondary N) is 2. The van der Waals surface area contributed by atoms with Crippen LogP contribution in [-0.4, -0.2) is 19.6 Å². The average Bonchev–Trinajstić information content (AvgIpc) is 2.26. The Morgan fingerprint density at radius 2 is 1.56 bits per heavy atom. The van der Waals surface area contributed by atoms with Crippen LogP contribution in [-0.2, 0) is 6.54 Å². The van der Waals surface area contributed by atoms with E-state index in [1.54, 1.807) is 0 Å². The zero-order valence-electron chi connectivity index (χ0n) is 10.3. The molecular formula is C12H20Cl4N2. The van der Waals surface area contributed by atoms with Crippen molar-refractivity contribution < 1.29 is 0 Å². The lowest BCUT2D eigenvalue weighted by atomic mass is 10.2. The van der Waals surface area contributed by atoms with Crippen LogP contribution in [0.25, 0.3) is 0 Å². The van der Waals surface area contributed by atoms with Gasteiger partial charge in [0.15, 0.2) is 0 Å². The summed E-state index contributed by atoms with van der Waals surface area (Å²) < 4.78 is 0. The van der Waals surface area contributed by atoms with E-state index in [-0.39, 0.29) is 24.8 Å². The second-order valence-corrected chi connectivity index (χ2v) is 4.40. The SMILES string of the molecule is CCNCCCNCc1c(Cl)cccc1Cl.Cl.Cl. The molecule has 18 heavy (non-hydrogen) atoms. The monoisotopic (exact) mass is 332 g/mol. The van der Waals surface area contributed by atoms with E-state index in [9.17, 15) is 0 Å². The summed E-state index contributed by atoms with van der Waals surface area (Å²) in [6.45, 7) is 5.87. The van der Waals surface area contributed by atoms with Crippen LogP contribution < -0.4 is 10.6 Å². The molecule has 0 aliphatic rings. The molecular weight excluding hydrogens is 314 g/mol. The third kappa shape index (κ3) is 7.67. The van der Waals surface area contributed by atoms with Crippen molar-refractivity contribution in [2.75, 3.05) is 19.6 Å². The molecule has 2 N–H and O–H groups in total.